The summed E-state index contributed by atoms with van der Waals surface area (Å²) < 4.78 is 5.44. The molecule has 1 heterocycles. The second-order valence-corrected chi connectivity index (χ2v) is 17.7. The summed E-state index contributed by atoms with van der Waals surface area (Å²) in [6.45, 7) is 4.52. The van der Waals surface area contributed by atoms with E-state index in [2.05, 4.69) is 19.2 Å². The lowest BCUT2D eigenvalue weighted by Gasteiger charge is -2.39. The van der Waals surface area contributed by atoms with Gasteiger partial charge in [-0.15, -0.1) is 11.8 Å². The monoisotopic (exact) mass is 802 g/mol. The van der Waals surface area contributed by atoms with Crippen LogP contribution in [-0.2, 0) is 14.3 Å². The van der Waals surface area contributed by atoms with Crippen molar-refractivity contribution < 1.29 is 39.9 Å². The molecule has 6 N–H and O–H groups in total. The number of rotatable bonds is 39. The predicted molar refractivity (Wildman–Crippen MR) is 228 cm³/mol. The number of unbranched alkanes of at least 4 members (excludes halogenated alkanes) is 29. The fourth-order valence-electron chi connectivity index (χ4n) is 7.68. The molecule has 0 saturated carbocycles. The molecule has 1 fully saturated rings. The van der Waals surface area contributed by atoms with Crippen LogP contribution in [0.2, 0.25) is 0 Å². The number of carboxylic acids is 1. The van der Waals surface area contributed by atoms with Gasteiger partial charge in [0.15, 0.2) is 6.10 Å². The molecule has 1 aliphatic heterocycles. The van der Waals surface area contributed by atoms with Crippen LogP contribution < -0.4 is 5.32 Å². The third-order valence-electron chi connectivity index (χ3n) is 11.4. The Morgan fingerprint density at radius 2 is 0.909 bits per heavy atom. The van der Waals surface area contributed by atoms with Crippen LogP contribution in [0.25, 0.3) is 0 Å². The molecule has 55 heavy (non-hydrogen) atoms. The fourth-order valence-corrected chi connectivity index (χ4v) is 8.93. The number of carboxylic acid groups (broad SMARTS) is 1. The zero-order valence-corrected chi connectivity index (χ0v) is 36.3. The molecule has 0 radical (unpaired) electrons. The van der Waals surface area contributed by atoms with Gasteiger partial charge in [-0.1, -0.05) is 206 Å². The third-order valence-corrected chi connectivity index (χ3v) is 12.7. The smallest absolute Gasteiger partial charge is 0.335 e. The molecule has 0 spiro atoms. The lowest BCUT2D eigenvalue weighted by atomic mass is 10.00. The summed E-state index contributed by atoms with van der Waals surface area (Å²) in [6.07, 6.45) is 32.6. The first-order valence-electron chi connectivity index (χ1n) is 23.2. The molecule has 9 nitrogen and oxygen atoms in total. The normalized spacial score (nSPS) is 21.1. The molecule has 1 aliphatic rings. The van der Waals surface area contributed by atoms with Crippen molar-refractivity contribution in [1.82, 2.24) is 5.32 Å². The van der Waals surface area contributed by atoms with Gasteiger partial charge in [0.05, 0.1) is 12.1 Å². The van der Waals surface area contributed by atoms with Gasteiger partial charge in [-0.25, -0.2) is 4.79 Å². The Labute approximate surface area is 341 Å². The minimum absolute atomic E-state index is 0.129. The molecular weight excluding hydrogens is 715 g/mol. The highest BCUT2D eigenvalue weighted by Crippen LogP contribution is 2.30. The Balaban J connectivity index is 2.36. The quantitative estimate of drug-likeness (QED) is 0.0333. The van der Waals surface area contributed by atoms with Crippen molar-refractivity contribution in [2.45, 2.75) is 268 Å². The number of thioether (sulfide) groups is 1. The zero-order valence-electron chi connectivity index (χ0n) is 35.5. The maximum atomic E-state index is 13.0. The van der Waals surface area contributed by atoms with E-state index in [0.717, 1.165) is 50.3 Å². The molecule has 0 unspecified atom stereocenters. The van der Waals surface area contributed by atoms with Crippen molar-refractivity contribution in [2.75, 3.05) is 5.75 Å². The number of aliphatic carboxylic acids is 1. The number of hydrogen-bond acceptors (Lipinski definition) is 8. The molecule has 0 aliphatic carbocycles. The maximum absolute atomic E-state index is 13.0. The first-order chi connectivity index (χ1) is 26.7. The molecule has 1 saturated heterocycles. The Kier molecular flexibility index (Phi) is 34.3. The Morgan fingerprint density at radius 1 is 0.545 bits per heavy atom. The summed E-state index contributed by atoms with van der Waals surface area (Å²) in [5.41, 5.74) is -1.13. The average Bonchev–Trinajstić information content (AvgIpc) is 3.17. The predicted octanol–water partition coefficient (Wildman–Crippen LogP) is 10.4. The Morgan fingerprint density at radius 3 is 1.29 bits per heavy atom. The van der Waals surface area contributed by atoms with Crippen molar-refractivity contribution in [3.05, 3.63) is 0 Å². The third kappa shape index (κ3) is 27.4. The molecule has 0 bridgehead atoms. The second-order valence-electron chi connectivity index (χ2n) is 16.6. The first kappa shape index (κ1) is 52.1. The zero-order chi connectivity index (χ0) is 40.4. The summed E-state index contributed by atoms with van der Waals surface area (Å²) in [5, 5.41) is 54.4. The SMILES string of the molecule is CCCCCCCCCCCCCCCCCCC(=O)N[C@@H](CS[C@H]1O[C@H](C(=O)O)[C@@H](O)[C@H](O)[C@H]1O)[C@H](O)CCCCCCCCCCCCCCCCC. The van der Waals surface area contributed by atoms with Gasteiger partial charge in [-0.05, 0) is 12.8 Å². The molecule has 10 heteroatoms. The lowest BCUT2D eigenvalue weighted by Crippen LogP contribution is -2.59. The first-order valence-corrected chi connectivity index (χ1v) is 24.3. The van der Waals surface area contributed by atoms with Crippen LogP contribution in [0.3, 0.4) is 0 Å². The van der Waals surface area contributed by atoms with Crippen LogP contribution in [0.5, 0.6) is 0 Å². The van der Waals surface area contributed by atoms with Crippen molar-refractivity contribution >= 4 is 23.6 Å². The highest BCUT2D eigenvalue weighted by atomic mass is 32.2. The van der Waals surface area contributed by atoms with E-state index in [1.54, 1.807) is 0 Å². The van der Waals surface area contributed by atoms with E-state index in [9.17, 15) is 35.1 Å². The molecule has 0 aromatic heterocycles. The van der Waals surface area contributed by atoms with E-state index in [1.165, 1.54) is 161 Å². The van der Waals surface area contributed by atoms with E-state index in [1.807, 2.05) is 0 Å². The van der Waals surface area contributed by atoms with Crippen LogP contribution in [0.15, 0.2) is 0 Å². The van der Waals surface area contributed by atoms with Gasteiger partial charge in [0.25, 0.3) is 0 Å². The number of amides is 1. The molecular formula is C45H87NO8S. The minimum atomic E-state index is -1.75. The summed E-state index contributed by atoms with van der Waals surface area (Å²) >= 11 is 1.04. The van der Waals surface area contributed by atoms with Gasteiger partial charge in [0, 0.05) is 12.2 Å². The number of nitrogens with one attached hydrogen (secondary N) is 1. The lowest BCUT2D eigenvalue weighted by molar-refractivity contribution is -0.209. The van der Waals surface area contributed by atoms with Crippen LogP contribution in [0.4, 0.5) is 0 Å². The summed E-state index contributed by atoms with van der Waals surface area (Å²) in [4.78, 5) is 24.6. The van der Waals surface area contributed by atoms with Gasteiger partial charge in [-0.3, -0.25) is 4.79 Å². The number of carbonyl (C=O) groups is 2. The topological polar surface area (TPSA) is 157 Å². The number of aliphatic hydroxyl groups excluding tert-OH is 4. The van der Waals surface area contributed by atoms with Gasteiger partial charge in [-0.2, -0.15) is 0 Å². The Bertz CT molecular complexity index is 897. The van der Waals surface area contributed by atoms with E-state index >= 15 is 0 Å². The summed E-state index contributed by atoms with van der Waals surface area (Å²) in [5.74, 6) is -1.39. The molecule has 7 atom stereocenters. The highest BCUT2D eigenvalue weighted by molar-refractivity contribution is 7.99. The average molecular weight is 802 g/mol. The minimum Gasteiger partial charge on any atom is -0.479 e. The Hall–Kier alpha value is -0.910. The van der Waals surface area contributed by atoms with Crippen LogP contribution in [-0.4, -0.2) is 85.2 Å². The van der Waals surface area contributed by atoms with Gasteiger partial charge >= 0.3 is 5.97 Å². The maximum Gasteiger partial charge on any atom is 0.335 e. The molecule has 1 amide bonds. The van der Waals surface area contributed by atoms with Crippen molar-refractivity contribution in [3.63, 3.8) is 0 Å². The van der Waals surface area contributed by atoms with E-state index in [0.29, 0.717) is 12.8 Å². The van der Waals surface area contributed by atoms with Crippen LogP contribution >= 0.6 is 11.8 Å². The van der Waals surface area contributed by atoms with E-state index < -0.39 is 48.0 Å². The summed E-state index contributed by atoms with van der Waals surface area (Å²) in [7, 11) is 0. The van der Waals surface area contributed by atoms with Crippen LogP contribution in [0, 0.1) is 0 Å². The number of carbonyl (C=O) groups excluding carboxylic acids is 1. The number of hydrogen-bond donors (Lipinski definition) is 6. The van der Waals surface area contributed by atoms with E-state index in [4.69, 9.17) is 4.74 Å². The number of ether oxygens (including phenoxy) is 1. The second kappa shape index (κ2) is 36.2. The van der Waals surface area contributed by atoms with Crippen molar-refractivity contribution in [1.29, 1.82) is 0 Å². The highest BCUT2D eigenvalue weighted by Gasteiger charge is 2.47. The van der Waals surface area contributed by atoms with Crippen molar-refractivity contribution in [2.24, 2.45) is 0 Å². The molecule has 0 aromatic rings. The standard InChI is InChI=1S/C45H87NO8S/c1-3-5-7-9-11-13-15-17-19-21-23-25-27-29-31-33-35-39(48)46-37(36-55-45-42(51)40(49)41(50)43(54-45)44(52)53)38(47)34-32-30-28-26-24-22-20-18-16-14-12-10-8-6-4-2/h37-38,40-43,45,47,49-51H,3-36H2,1-2H3,(H,46,48)(H,52,53)/t37-,38+,40-,41-,42+,43-,45+/m0/s1. The van der Waals surface area contributed by atoms with Gasteiger partial charge < -0.3 is 35.6 Å². The fraction of sp³-hybridized carbons (Fsp3) is 0.956. The van der Waals surface area contributed by atoms with E-state index in [-0.39, 0.29) is 11.7 Å². The van der Waals surface area contributed by atoms with Gasteiger partial charge in [0.2, 0.25) is 5.91 Å². The number of aliphatic hydroxyl groups is 4. The molecule has 1 rings (SSSR count). The molecule has 326 valence electrons. The van der Waals surface area contributed by atoms with Gasteiger partial charge in [0.1, 0.15) is 23.7 Å². The van der Waals surface area contributed by atoms with Crippen LogP contribution in [0.1, 0.15) is 226 Å². The van der Waals surface area contributed by atoms with Crippen molar-refractivity contribution in [3.8, 4) is 0 Å². The molecule has 0 aromatic carbocycles. The largest absolute Gasteiger partial charge is 0.479 e. The summed E-state index contributed by atoms with van der Waals surface area (Å²) in [6, 6.07) is -0.617.